The van der Waals surface area contributed by atoms with Gasteiger partial charge in [-0.05, 0) is 35.0 Å². The predicted molar refractivity (Wildman–Crippen MR) is 144 cm³/mol. The fourth-order valence-corrected chi connectivity index (χ4v) is 13.2. The largest absolute Gasteiger partial charge is 0.465 e. The second-order valence-corrected chi connectivity index (χ2v) is 21.5. The van der Waals surface area contributed by atoms with Crippen molar-refractivity contribution in [2.45, 2.75) is 35.5 Å². The van der Waals surface area contributed by atoms with Gasteiger partial charge in [0.2, 0.25) is 0 Å². The highest BCUT2D eigenvalue weighted by atomic mass is 79.9. The zero-order chi connectivity index (χ0) is 20.2. The summed E-state index contributed by atoms with van der Waals surface area (Å²) in [6, 6.07) is 9.51. The van der Waals surface area contributed by atoms with E-state index in [2.05, 4.69) is 159 Å². The molecule has 2 nitrogen and oxygen atoms in total. The first-order chi connectivity index (χ1) is 11.6. The predicted octanol–water partition coefficient (Wildman–Crippen LogP) is 9.24. The molecule has 0 N–H and O–H groups in total. The summed E-state index contributed by atoms with van der Waals surface area (Å²) in [4.78, 5) is -0.315. The second-order valence-electron chi connectivity index (χ2n) is 5.47. The Morgan fingerprint density at radius 3 is 1.81 bits per heavy atom. The minimum Gasteiger partial charge on any atom is -0.465 e. The first kappa shape index (κ1) is 26.0. The van der Waals surface area contributed by atoms with Crippen molar-refractivity contribution in [2.75, 3.05) is 0 Å². The summed E-state index contributed by atoms with van der Waals surface area (Å²) in [5, 5.41) is 0. The van der Waals surface area contributed by atoms with Crippen molar-refractivity contribution in [3.8, 4) is 5.75 Å². The maximum absolute atomic E-state index is 6.37. The lowest BCUT2D eigenvalue weighted by Gasteiger charge is -2.62. The van der Waals surface area contributed by atoms with Crippen molar-refractivity contribution in [2.24, 2.45) is 0 Å². The van der Waals surface area contributed by atoms with Crippen molar-refractivity contribution >= 4 is 159 Å². The Bertz CT molecular complexity index is 650. The summed E-state index contributed by atoms with van der Waals surface area (Å²) in [5.41, 5.74) is 0. The van der Waals surface area contributed by atoms with Gasteiger partial charge in [-0.2, -0.15) is 0 Å². The molecular formula is C14H10Br10O2. The van der Waals surface area contributed by atoms with Crippen LogP contribution in [0.1, 0.15) is 6.92 Å². The van der Waals surface area contributed by atoms with Crippen LogP contribution in [0.5, 0.6) is 5.75 Å². The minimum atomic E-state index is -1.00. The van der Waals surface area contributed by atoms with Gasteiger partial charge < -0.3 is 9.47 Å². The van der Waals surface area contributed by atoms with Gasteiger partial charge in [0, 0.05) is 0 Å². The summed E-state index contributed by atoms with van der Waals surface area (Å²) in [7, 11) is 0. The van der Waals surface area contributed by atoms with Crippen LogP contribution in [-0.2, 0) is 4.74 Å². The van der Waals surface area contributed by atoms with Gasteiger partial charge in [-0.3, -0.25) is 0 Å². The van der Waals surface area contributed by atoms with Crippen molar-refractivity contribution in [1.29, 1.82) is 0 Å². The molecule has 0 amide bonds. The second kappa shape index (κ2) is 8.96. The first-order valence-electron chi connectivity index (χ1n) is 6.86. The molecule has 1 fully saturated rings. The molecule has 0 radical (unpaired) electrons. The molecule has 12 heteroatoms. The molecule has 1 aliphatic rings. The number of para-hydroxylation sites is 1. The molecule has 1 saturated carbocycles. The van der Waals surface area contributed by atoms with E-state index in [0.717, 1.165) is 5.75 Å². The van der Waals surface area contributed by atoms with E-state index in [4.69, 9.17) is 9.47 Å². The molecule has 26 heavy (non-hydrogen) atoms. The summed E-state index contributed by atoms with van der Waals surface area (Å²) in [6.07, 6.45) is -0.559. The van der Waals surface area contributed by atoms with E-state index in [-0.39, 0.29) is 4.83 Å². The Kier molecular flexibility index (Phi) is 8.98. The molecule has 2 rings (SSSR count). The highest BCUT2D eigenvalue weighted by Gasteiger charge is 2.80. The normalized spacial score (nSPS) is 32.7. The van der Waals surface area contributed by atoms with Crippen LogP contribution >= 0.6 is 159 Å². The van der Waals surface area contributed by atoms with E-state index in [1.165, 1.54) is 0 Å². The van der Waals surface area contributed by atoms with Crippen LogP contribution in [0.3, 0.4) is 0 Å². The maximum atomic E-state index is 6.37. The molecule has 0 saturated heterocycles. The molecule has 1 aromatic rings. The van der Waals surface area contributed by atoms with Crippen LogP contribution in [-0.4, -0.2) is 28.6 Å². The number of hydrogen-bond donors (Lipinski definition) is 0. The van der Waals surface area contributed by atoms with Gasteiger partial charge in [0.05, 0.1) is 4.83 Å². The van der Waals surface area contributed by atoms with Crippen molar-refractivity contribution < 1.29 is 9.47 Å². The summed E-state index contributed by atoms with van der Waals surface area (Å²) in [5.74, 6) is 0.719. The molecule has 148 valence electrons. The van der Waals surface area contributed by atoms with Crippen LogP contribution in [0, 0.1) is 0 Å². The third-order valence-corrected chi connectivity index (χ3v) is 24.8. The van der Waals surface area contributed by atoms with Gasteiger partial charge in [0.1, 0.15) is 18.7 Å². The average molecular weight is 1010 g/mol. The molecule has 3 unspecified atom stereocenters. The van der Waals surface area contributed by atoms with Crippen LogP contribution in [0.4, 0.5) is 0 Å². The van der Waals surface area contributed by atoms with Gasteiger partial charge in [-0.1, -0.05) is 162 Å². The lowest BCUT2D eigenvalue weighted by molar-refractivity contribution is -0.126. The monoisotopic (exact) mass is 999 g/mol. The zero-order valence-corrected chi connectivity index (χ0v) is 28.5. The minimum absolute atomic E-state index is 0.315. The molecular weight excluding hydrogens is 999 g/mol. The Hall–Kier alpha value is 3.78. The van der Waals surface area contributed by atoms with Crippen molar-refractivity contribution in [3.63, 3.8) is 0 Å². The van der Waals surface area contributed by atoms with E-state index in [1.54, 1.807) is 0 Å². The third kappa shape index (κ3) is 4.21. The molecule has 0 aliphatic heterocycles. The first-order valence-corrected chi connectivity index (χ1v) is 14.9. The fourth-order valence-electron chi connectivity index (χ4n) is 2.26. The quantitative estimate of drug-likeness (QED) is 0.222. The summed E-state index contributed by atoms with van der Waals surface area (Å²) in [6.45, 7) is 1.84. The molecule has 1 aromatic carbocycles. The highest BCUT2D eigenvalue weighted by molar-refractivity contribution is 9.35. The highest BCUT2D eigenvalue weighted by Crippen LogP contribution is 2.77. The Labute approximate surface area is 236 Å². The van der Waals surface area contributed by atoms with Crippen LogP contribution in [0.15, 0.2) is 30.3 Å². The molecule has 1 aliphatic carbocycles. The lowest BCUT2D eigenvalue weighted by Crippen LogP contribution is -2.75. The summed E-state index contributed by atoms with van der Waals surface area (Å²) < 4.78 is 8.20. The van der Waals surface area contributed by atoms with Crippen molar-refractivity contribution in [3.05, 3.63) is 30.3 Å². The van der Waals surface area contributed by atoms with Gasteiger partial charge in [-0.15, -0.1) is 0 Å². The van der Waals surface area contributed by atoms with Crippen LogP contribution in [0.2, 0.25) is 0 Å². The molecule has 0 bridgehead atoms. The third-order valence-electron chi connectivity index (χ3n) is 3.66. The molecule has 0 spiro atoms. The molecule has 0 heterocycles. The fraction of sp³-hybridized carbons (Fsp3) is 0.571. The number of alkyl halides is 10. The lowest BCUT2D eigenvalue weighted by atomic mass is 9.95. The number of ether oxygens (including phenoxy) is 2. The van der Waals surface area contributed by atoms with E-state index >= 15 is 0 Å². The van der Waals surface area contributed by atoms with Crippen LogP contribution in [0.25, 0.3) is 0 Å². The topological polar surface area (TPSA) is 18.5 Å². The number of benzene rings is 1. The number of halogens is 10. The van der Waals surface area contributed by atoms with Crippen LogP contribution < -0.4 is 4.74 Å². The standard InChI is InChI=1S/C14H10Br10O2/c1-7(25-8-5-3-2-4-6-8)26-11(18)9(15)10(16,17)12(19,20)14(23,24)13(11,21)22/h2-7,9H,1H3. The van der Waals surface area contributed by atoms with Gasteiger partial charge in [0.25, 0.3) is 0 Å². The van der Waals surface area contributed by atoms with E-state index in [0.29, 0.717) is 0 Å². The van der Waals surface area contributed by atoms with E-state index in [9.17, 15) is 0 Å². The SMILES string of the molecule is CC(Oc1ccccc1)OC1(Br)C(Br)C(Br)(Br)C(Br)(Br)C(Br)(Br)C1(Br)Br. The Morgan fingerprint density at radius 1 is 0.808 bits per heavy atom. The molecule has 0 aromatic heterocycles. The van der Waals surface area contributed by atoms with E-state index < -0.39 is 23.7 Å². The maximum Gasteiger partial charge on any atom is 0.198 e. The zero-order valence-electron chi connectivity index (χ0n) is 12.6. The number of rotatable bonds is 4. The smallest absolute Gasteiger partial charge is 0.198 e. The van der Waals surface area contributed by atoms with Gasteiger partial charge >= 0.3 is 0 Å². The summed E-state index contributed by atoms with van der Waals surface area (Å²) >= 11 is 37.7. The van der Waals surface area contributed by atoms with Crippen molar-refractivity contribution in [1.82, 2.24) is 0 Å². The Morgan fingerprint density at radius 2 is 1.31 bits per heavy atom. The molecule has 3 atom stereocenters. The van der Waals surface area contributed by atoms with Gasteiger partial charge in [-0.25, -0.2) is 0 Å². The Balaban J connectivity index is 2.41. The number of hydrogen-bond acceptors (Lipinski definition) is 2. The van der Waals surface area contributed by atoms with E-state index in [1.807, 2.05) is 37.3 Å². The van der Waals surface area contributed by atoms with Gasteiger partial charge in [0.15, 0.2) is 10.8 Å². The average Bonchev–Trinajstić information content (AvgIpc) is 2.53.